The van der Waals surface area contributed by atoms with Crippen molar-refractivity contribution in [2.24, 2.45) is 5.41 Å². The first-order valence-corrected chi connectivity index (χ1v) is 10.8. The topological polar surface area (TPSA) is 71.1 Å². The van der Waals surface area contributed by atoms with Crippen molar-refractivity contribution in [1.82, 2.24) is 10.3 Å². The number of hydrogen-bond acceptors (Lipinski definition) is 4. The zero-order valence-corrected chi connectivity index (χ0v) is 18.9. The van der Waals surface area contributed by atoms with Crippen molar-refractivity contribution in [2.75, 3.05) is 5.32 Å². The van der Waals surface area contributed by atoms with E-state index in [0.717, 1.165) is 28.9 Å². The summed E-state index contributed by atoms with van der Waals surface area (Å²) in [4.78, 5) is 31.0. The molecular weight excluding hydrogens is 410 g/mol. The molecule has 1 aliphatic carbocycles. The molecular formula is C25H26ClN3O2. The Hall–Kier alpha value is -2.92. The maximum atomic E-state index is 13.4. The summed E-state index contributed by atoms with van der Waals surface area (Å²) in [5.41, 5.74) is 4.60. The summed E-state index contributed by atoms with van der Waals surface area (Å²) < 4.78 is 0. The molecule has 0 radical (unpaired) electrons. The zero-order valence-electron chi connectivity index (χ0n) is 18.2. The third-order valence-electron chi connectivity index (χ3n) is 5.84. The lowest BCUT2D eigenvalue weighted by atomic mass is 9.68. The Bertz CT molecular complexity index is 1110. The predicted octanol–water partition coefficient (Wildman–Crippen LogP) is 5.29. The SMILES string of the molecule is CC1=C(C(=O)Nc2ccc(C)cn2)[C@H](c2ccc(Cl)cc2)C2=C(CC(C)(C)CC2=O)N1. The van der Waals surface area contributed by atoms with Gasteiger partial charge in [0.25, 0.3) is 5.91 Å². The van der Waals surface area contributed by atoms with Gasteiger partial charge in [0.05, 0.1) is 0 Å². The highest BCUT2D eigenvalue weighted by molar-refractivity contribution is 6.30. The number of Topliss-reactive ketones (excluding diaryl/α,β-unsaturated/α-hetero) is 1. The number of carbonyl (C=O) groups is 2. The van der Waals surface area contributed by atoms with Crippen LogP contribution < -0.4 is 10.6 Å². The lowest BCUT2D eigenvalue weighted by Gasteiger charge is -2.39. The van der Waals surface area contributed by atoms with Gasteiger partial charge in [0.15, 0.2) is 5.78 Å². The monoisotopic (exact) mass is 435 g/mol. The van der Waals surface area contributed by atoms with Gasteiger partial charge in [0.2, 0.25) is 0 Å². The standard InChI is InChI=1S/C25H26ClN3O2/c1-14-5-10-20(27-13-14)29-24(31)21-15(2)28-18-11-25(3,4)12-19(30)23(18)22(21)16-6-8-17(26)9-7-16/h5-10,13,22,28H,11-12H2,1-4H3,(H,27,29,31)/t22-/m0/s1. The average Bonchev–Trinajstić information content (AvgIpc) is 2.68. The van der Waals surface area contributed by atoms with E-state index < -0.39 is 5.92 Å². The number of pyridine rings is 1. The third-order valence-corrected chi connectivity index (χ3v) is 6.09. The van der Waals surface area contributed by atoms with E-state index >= 15 is 0 Å². The van der Waals surface area contributed by atoms with E-state index in [2.05, 4.69) is 29.5 Å². The number of nitrogens with one attached hydrogen (secondary N) is 2. The summed E-state index contributed by atoms with van der Waals surface area (Å²) in [7, 11) is 0. The van der Waals surface area contributed by atoms with Gasteiger partial charge in [-0.25, -0.2) is 4.98 Å². The Morgan fingerprint density at radius 2 is 1.84 bits per heavy atom. The zero-order chi connectivity index (χ0) is 22.3. The van der Waals surface area contributed by atoms with Crippen LogP contribution in [-0.4, -0.2) is 16.7 Å². The third kappa shape index (κ3) is 4.28. The molecule has 1 atom stereocenters. The predicted molar refractivity (Wildman–Crippen MR) is 123 cm³/mol. The summed E-state index contributed by atoms with van der Waals surface area (Å²) in [5.74, 6) is -0.181. The Balaban J connectivity index is 1.79. The first-order valence-electron chi connectivity index (χ1n) is 10.4. The van der Waals surface area contributed by atoms with Crippen LogP contribution in [0.1, 0.15) is 50.7 Å². The maximum absolute atomic E-state index is 13.4. The van der Waals surface area contributed by atoms with Crippen molar-refractivity contribution in [3.05, 3.63) is 81.3 Å². The molecule has 1 aromatic heterocycles. The van der Waals surface area contributed by atoms with Gasteiger partial charge in [0, 0.05) is 46.1 Å². The maximum Gasteiger partial charge on any atom is 0.255 e. The average molecular weight is 436 g/mol. The van der Waals surface area contributed by atoms with Crippen LogP contribution in [0.25, 0.3) is 0 Å². The summed E-state index contributed by atoms with van der Waals surface area (Å²) >= 11 is 6.11. The van der Waals surface area contributed by atoms with E-state index in [1.807, 2.05) is 32.0 Å². The minimum Gasteiger partial charge on any atom is -0.362 e. The molecule has 0 bridgehead atoms. The minimum absolute atomic E-state index is 0.0740. The molecule has 1 aliphatic heterocycles. The quantitative estimate of drug-likeness (QED) is 0.687. The second-order valence-electron chi connectivity index (χ2n) is 9.16. The summed E-state index contributed by atoms with van der Waals surface area (Å²) in [6, 6.07) is 11.0. The van der Waals surface area contributed by atoms with E-state index in [0.29, 0.717) is 28.4 Å². The lowest BCUT2D eigenvalue weighted by Crippen LogP contribution is -2.39. The number of aromatic nitrogens is 1. The van der Waals surface area contributed by atoms with Crippen molar-refractivity contribution in [1.29, 1.82) is 0 Å². The fraction of sp³-hybridized carbons (Fsp3) is 0.320. The molecule has 0 saturated carbocycles. The molecule has 1 aromatic carbocycles. The first kappa shape index (κ1) is 21.3. The molecule has 2 heterocycles. The highest BCUT2D eigenvalue weighted by Crippen LogP contribution is 2.46. The van der Waals surface area contributed by atoms with Crippen LogP contribution in [0.4, 0.5) is 5.82 Å². The number of carbonyl (C=O) groups excluding carboxylic acids is 2. The molecule has 2 aromatic rings. The lowest BCUT2D eigenvalue weighted by molar-refractivity contribution is -0.118. The van der Waals surface area contributed by atoms with Gasteiger partial charge < -0.3 is 10.6 Å². The van der Waals surface area contributed by atoms with Crippen LogP contribution in [0.3, 0.4) is 0 Å². The number of ketones is 1. The fourth-order valence-corrected chi connectivity index (χ4v) is 4.58. The fourth-order valence-electron chi connectivity index (χ4n) is 4.45. The molecule has 160 valence electrons. The Labute approximate surface area is 187 Å². The van der Waals surface area contributed by atoms with Crippen molar-refractivity contribution in [3.63, 3.8) is 0 Å². The van der Waals surface area contributed by atoms with Gasteiger partial charge >= 0.3 is 0 Å². The van der Waals surface area contributed by atoms with Crippen LogP contribution in [0.15, 0.2) is 65.1 Å². The summed E-state index contributed by atoms with van der Waals surface area (Å²) in [5, 5.41) is 6.88. The van der Waals surface area contributed by atoms with Crippen LogP contribution >= 0.6 is 11.6 Å². The molecule has 2 aliphatic rings. The van der Waals surface area contributed by atoms with E-state index in [-0.39, 0.29) is 17.1 Å². The van der Waals surface area contributed by atoms with Crippen LogP contribution in [0, 0.1) is 12.3 Å². The molecule has 5 nitrogen and oxygen atoms in total. The number of nitrogens with zero attached hydrogens (tertiary/aromatic N) is 1. The summed E-state index contributed by atoms with van der Waals surface area (Å²) in [6.45, 7) is 8.02. The van der Waals surface area contributed by atoms with Gasteiger partial charge in [-0.3, -0.25) is 9.59 Å². The largest absolute Gasteiger partial charge is 0.362 e. The van der Waals surface area contributed by atoms with Crippen LogP contribution in [-0.2, 0) is 9.59 Å². The normalized spacial score (nSPS) is 20.3. The van der Waals surface area contributed by atoms with Gasteiger partial charge in [-0.05, 0) is 55.0 Å². The smallest absolute Gasteiger partial charge is 0.255 e. The van der Waals surface area contributed by atoms with E-state index in [4.69, 9.17) is 11.6 Å². The number of halogens is 1. The van der Waals surface area contributed by atoms with E-state index in [1.165, 1.54) is 0 Å². The minimum atomic E-state index is -0.456. The Morgan fingerprint density at radius 1 is 1.13 bits per heavy atom. The number of allylic oxidation sites excluding steroid dienone is 3. The second-order valence-corrected chi connectivity index (χ2v) is 9.59. The van der Waals surface area contributed by atoms with E-state index in [9.17, 15) is 9.59 Å². The number of rotatable bonds is 3. The van der Waals surface area contributed by atoms with Gasteiger partial charge in [-0.1, -0.05) is 43.6 Å². The number of amides is 1. The number of anilines is 1. The van der Waals surface area contributed by atoms with Crippen molar-refractivity contribution in [2.45, 2.75) is 46.5 Å². The Morgan fingerprint density at radius 3 is 2.48 bits per heavy atom. The number of aryl methyl sites for hydroxylation is 1. The molecule has 4 rings (SSSR count). The highest BCUT2D eigenvalue weighted by Gasteiger charge is 2.42. The number of dihydropyridines is 1. The van der Waals surface area contributed by atoms with Gasteiger partial charge in [-0.15, -0.1) is 0 Å². The molecule has 1 amide bonds. The van der Waals surface area contributed by atoms with Crippen molar-refractivity contribution >= 4 is 29.1 Å². The Kier molecular flexibility index (Phi) is 5.48. The molecule has 6 heteroatoms. The number of hydrogen-bond donors (Lipinski definition) is 2. The highest BCUT2D eigenvalue weighted by atomic mass is 35.5. The molecule has 2 N–H and O–H groups in total. The number of benzene rings is 1. The molecule has 0 saturated heterocycles. The van der Waals surface area contributed by atoms with Crippen molar-refractivity contribution in [3.8, 4) is 0 Å². The second kappa shape index (κ2) is 7.97. The van der Waals surface area contributed by atoms with E-state index in [1.54, 1.807) is 24.4 Å². The van der Waals surface area contributed by atoms with Gasteiger partial charge in [-0.2, -0.15) is 0 Å². The molecule has 31 heavy (non-hydrogen) atoms. The van der Waals surface area contributed by atoms with Crippen LogP contribution in [0.5, 0.6) is 0 Å². The van der Waals surface area contributed by atoms with Gasteiger partial charge in [0.1, 0.15) is 5.82 Å². The summed E-state index contributed by atoms with van der Waals surface area (Å²) in [6.07, 6.45) is 2.91. The molecule has 0 unspecified atom stereocenters. The molecule has 0 spiro atoms. The first-order chi connectivity index (χ1) is 14.6. The van der Waals surface area contributed by atoms with Crippen molar-refractivity contribution < 1.29 is 9.59 Å². The van der Waals surface area contributed by atoms with Crippen LogP contribution in [0.2, 0.25) is 5.02 Å². The molecule has 0 fully saturated rings.